The first-order valence-corrected chi connectivity index (χ1v) is 7.71. The maximum atomic E-state index is 12.0. The molecule has 0 radical (unpaired) electrons. The maximum absolute atomic E-state index is 12.0. The summed E-state index contributed by atoms with van der Waals surface area (Å²) in [6.07, 6.45) is 0. The van der Waals surface area contributed by atoms with Crippen molar-refractivity contribution in [3.8, 4) is 0 Å². The summed E-state index contributed by atoms with van der Waals surface area (Å²) < 4.78 is 0. The van der Waals surface area contributed by atoms with Gasteiger partial charge in [-0.05, 0) is 38.1 Å². The molecule has 0 aliphatic carbocycles. The highest BCUT2D eigenvalue weighted by atomic mass is 16.2. The van der Waals surface area contributed by atoms with Gasteiger partial charge in [0.15, 0.2) is 5.78 Å². The molecule has 0 saturated carbocycles. The Kier molecular flexibility index (Phi) is 5.19. The summed E-state index contributed by atoms with van der Waals surface area (Å²) in [5.41, 5.74) is 1.88. The van der Waals surface area contributed by atoms with Gasteiger partial charge in [-0.2, -0.15) is 0 Å². The van der Waals surface area contributed by atoms with Crippen LogP contribution in [0.4, 0.5) is 5.69 Å². The van der Waals surface area contributed by atoms with E-state index in [-0.39, 0.29) is 17.7 Å². The number of hydrogen-bond donors (Lipinski definition) is 0. The summed E-state index contributed by atoms with van der Waals surface area (Å²) in [6, 6.07) is 7.68. The molecule has 1 atom stereocenters. The van der Waals surface area contributed by atoms with E-state index in [1.807, 2.05) is 31.2 Å². The Labute approximate surface area is 132 Å². The highest BCUT2D eigenvalue weighted by Gasteiger charge is 2.26. The Hall–Kier alpha value is -1.88. The van der Waals surface area contributed by atoms with Gasteiger partial charge in [-0.25, -0.2) is 0 Å². The van der Waals surface area contributed by atoms with E-state index < -0.39 is 0 Å². The molecule has 1 aromatic rings. The third-order valence-electron chi connectivity index (χ3n) is 4.30. The predicted molar refractivity (Wildman–Crippen MR) is 88.4 cm³/mol. The van der Waals surface area contributed by atoms with Crippen molar-refractivity contribution in [3.63, 3.8) is 0 Å². The lowest BCUT2D eigenvalue weighted by molar-refractivity contribution is -0.133. The second kappa shape index (κ2) is 6.92. The predicted octanol–water partition coefficient (Wildman–Crippen LogP) is 1.49. The van der Waals surface area contributed by atoms with Crippen LogP contribution in [0.3, 0.4) is 0 Å². The number of rotatable bonds is 4. The van der Waals surface area contributed by atoms with Crippen molar-refractivity contribution in [1.29, 1.82) is 0 Å². The lowest BCUT2D eigenvalue weighted by Gasteiger charge is -2.39. The number of anilines is 1. The number of carbonyl (C=O) groups excluding carboxylic acids is 2. The molecular weight excluding hydrogens is 278 g/mol. The number of Topliss-reactive ketones (excluding diaryl/α,β-unsaturated/α-hetero) is 1. The molecule has 0 N–H and O–H groups in total. The average Bonchev–Trinajstić information content (AvgIpc) is 2.53. The van der Waals surface area contributed by atoms with Crippen LogP contribution in [0.15, 0.2) is 24.3 Å². The molecule has 0 aromatic heterocycles. The lowest BCUT2D eigenvalue weighted by atomic mass is 10.1. The van der Waals surface area contributed by atoms with Crippen molar-refractivity contribution in [2.24, 2.45) is 0 Å². The number of amides is 1. The van der Waals surface area contributed by atoms with Crippen LogP contribution < -0.4 is 4.90 Å². The molecule has 1 amide bonds. The highest BCUT2D eigenvalue weighted by Crippen LogP contribution is 2.18. The number of ketones is 1. The van der Waals surface area contributed by atoms with Gasteiger partial charge in [0.2, 0.25) is 5.91 Å². The molecule has 5 nitrogen and oxygen atoms in total. The van der Waals surface area contributed by atoms with Crippen LogP contribution in [0, 0.1) is 0 Å². The molecule has 120 valence electrons. The smallest absolute Gasteiger partial charge is 0.239 e. The summed E-state index contributed by atoms with van der Waals surface area (Å²) in [5.74, 6) is 0.242. The molecule has 1 saturated heterocycles. The SMILES string of the molecule is CC(=O)c1ccc(N2CCN([C@H](C)C(=O)N(C)C)CC2)cc1. The number of benzene rings is 1. The van der Waals surface area contributed by atoms with Crippen molar-refractivity contribution in [2.75, 3.05) is 45.2 Å². The van der Waals surface area contributed by atoms with Crippen LogP contribution in [-0.4, -0.2) is 67.8 Å². The second-order valence-electron chi connectivity index (χ2n) is 6.03. The zero-order chi connectivity index (χ0) is 16.3. The molecule has 1 aliphatic rings. The third-order valence-corrected chi connectivity index (χ3v) is 4.30. The van der Waals surface area contributed by atoms with E-state index in [0.29, 0.717) is 0 Å². The fourth-order valence-corrected chi connectivity index (χ4v) is 2.80. The molecular formula is C17H25N3O2. The van der Waals surface area contributed by atoms with E-state index in [0.717, 1.165) is 37.4 Å². The van der Waals surface area contributed by atoms with Gasteiger partial charge in [-0.15, -0.1) is 0 Å². The van der Waals surface area contributed by atoms with Crippen LogP contribution in [0.2, 0.25) is 0 Å². The van der Waals surface area contributed by atoms with Gasteiger partial charge in [0.05, 0.1) is 6.04 Å². The van der Waals surface area contributed by atoms with Crippen molar-refractivity contribution < 1.29 is 9.59 Å². The molecule has 5 heteroatoms. The third kappa shape index (κ3) is 3.65. The summed E-state index contributed by atoms with van der Waals surface area (Å²) in [6.45, 7) is 7.08. The van der Waals surface area contributed by atoms with Gasteiger partial charge in [-0.1, -0.05) is 0 Å². The first kappa shape index (κ1) is 16.5. The zero-order valence-electron chi connectivity index (χ0n) is 13.9. The summed E-state index contributed by atoms with van der Waals surface area (Å²) in [5, 5.41) is 0. The van der Waals surface area contributed by atoms with Crippen molar-refractivity contribution in [3.05, 3.63) is 29.8 Å². The minimum absolute atomic E-state index is 0.0720. The van der Waals surface area contributed by atoms with E-state index in [9.17, 15) is 9.59 Å². The molecule has 1 aliphatic heterocycles. The highest BCUT2D eigenvalue weighted by molar-refractivity contribution is 5.94. The minimum Gasteiger partial charge on any atom is -0.369 e. The van der Waals surface area contributed by atoms with E-state index in [4.69, 9.17) is 0 Å². The zero-order valence-corrected chi connectivity index (χ0v) is 13.9. The van der Waals surface area contributed by atoms with Gasteiger partial charge in [0.25, 0.3) is 0 Å². The minimum atomic E-state index is -0.0720. The maximum Gasteiger partial charge on any atom is 0.239 e. The normalized spacial score (nSPS) is 17.2. The Morgan fingerprint density at radius 3 is 2.05 bits per heavy atom. The van der Waals surface area contributed by atoms with Crippen molar-refractivity contribution >= 4 is 17.4 Å². The van der Waals surface area contributed by atoms with E-state index in [1.54, 1.807) is 25.9 Å². The van der Waals surface area contributed by atoms with E-state index in [2.05, 4.69) is 9.80 Å². The largest absolute Gasteiger partial charge is 0.369 e. The molecule has 1 heterocycles. The van der Waals surface area contributed by atoms with Crippen LogP contribution in [0.5, 0.6) is 0 Å². The quantitative estimate of drug-likeness (QED) is 0.791. The standard InChI is InChI=1S/C17H25N3O2/c1-13(17(22)18(3)4)19-9-11-20(12-10-19)16-7-5-15(6-8-16)14(2)21/h5-8,13H,9-12H2,1-4H3/t13-/m1/s1. The Bertz CT molecular complexity index is 531. The van der Waals surface area contributed by atoms with Crippen molar-refractivity contribution in [1.82, 2.24) is 9.80 Å². The number of nitrogens with zero attached hydrogens (tertiary/aromatic N) is 3. The van der Waals surface area contributed by atoms with Gasteiger partial charge >= 0.3 is 0 Å². The molecule has 1 aromatic carbocycles. The molecule has 0 unspecified atom stereocenters. The van der Waals surface area contributed by atoms with Crippen molar-refractivity contribution in [2.45, 2.75) is 19.9 Å². The summed E-state index contributed by atoms with van der Waals surface area (Å²) in [7, 11) is 3.59. The molecule has 2 rings (SSSR count). The molecule has 0 spiro atoms. The topological polar surface area (TPSA) is 43.9 Å². The van der Waals surface area contributed by atoms with Gasteiger partial charge in [-0.3, -0.25) is 14.5 Å². The molecule has 22 heavy (non-hydrogen) atoms. The first-order chi connectivity index (χ1) is 10.4. The first-order valence-electron chi connectivity index (χ1n) is 7.71. The van der Waals surface area contributed by atoms with E-state index >= 15 is 0 Å². The number of piperazine rings is 1. The van der Waals surface area contributed by atoms with Gasteiger partial charge in [0.1, 0.15) is 0 Å². The van der Waals surface area contributed by atoms with Gasteiger partial charge < -0.3 is 9.80 Å². The number of likely N-dealkylation sites (N-methyl/N-ethyl adjacent to an activating group) is 1. The fraction of sp³-hybridized carbons (Fsp3) is 0.529. The second-order valence-corrected chi connectivity index (χ2v) is 6.03. The Morgan fingerprint density at radius 2 is 1.59 bits per heavy atom. The monoisotopic (exact) mass is 303 g/mol. The average molecular weight is 303 g/mol. The van der Waals surface area contributed by atoms with Crippen LogP contribution in [0.25, 0.3) is 0 Å². The number of carbonyl (C=O) groups is 2. The Balaban J connectivity index is 1.94. The summed E-state index contributed by atoms with van der Waals surface area (Å²) in [4.78, 5) is 29.5. The van der Waals surface area contributed by atoms with Crippen LogP contribution >= 0.6 is 0 Å². The lowest BCUT2D eigenvalue weighted by Crippen LogP contribution is -2.53. The van der Waals surface area contributed by atoms with E-state index in [1.165, 1.54) is 0 Å². The summed E-state index contributed by atoms with van der Waals surface area (Å²) >= 11 is 0. The molecule has 1 fully saturated rings. The fourth-order valence-electron chi connectivity index (χ4n) is 2.80. The molecule has 0 bridgehead atoms. The van der Waals surface area contributed by atoms with Gasteiger partial charge in [0, 0.05) is 51.5 Å². The number of hydrogen-bond acceptors (Lipinski definition) is 4. The van der Waals surface area contributed by atoms with Crippen LogP contribution in [0.1, 0.15) is 24.2 Å². The Morgan fingerprint density at radius 1 is 1.05 bits per heavy atom. The van der Waals surface area contributed by atoms with Crippen LogP contribution in [-0.2, 0) is 4.79 Å².